The molecule has 5 rings (SSSR count). The highest BCUT2D eigenvalue weighted by atomic mass is 32.1. The third kappa shape index (κ3) is 4.39. The molecule has 4 aromatic rings. The van der Waals surface area contributed by atoms with Gasteiger partial charge in [-0.25, -0.2) is 4.98 Å². The summed E-state index contributed by atoms with van der Waals surface area (Å²) in [5, 5.41) is 42.3. The van der Waals surface area contributed by atoms with E-state index in [2.05, 4.69) is 4.98 Å². The molecule has 1 aliphatic heterocycles. The van der Waals surface area contributed by atoms with Crippen LogP contribution in [-0.4, -0.2) is 31.8 Å². The number of carbonyl (C=O) groups excluding carboxylic acids is 2. The van der Waals surface area contributed by atoms with Crippen LogP contribution in [0, 0.1) is 28.4 Å². The van der Waals surface area contributed by atoms with Crippen molar-refractivity contribution in [2.24, 2.45) is 0 Å². The molecule has 2 heterocycles. The van der Waals surface area contributed by atoms with Gasteiger partial charge in [-0.2, -0.15) is 5.26 Å². The van der Waals surface area contributed by atoms with Crippen LogP contribution in [0.5, 0.6) is 5.75 Å². The van der Waals surface area contributed by atoms with Crippen molar-refractivity contribution in [2.45, 2.75) is 13.0 Å². The van der Waals surface area contributed by atoms with Crippen molar-refractivity contribution in [2.75, 3.05) is 4.90 Å². The predicted molar refractivity (Wildman–Crippen MR) is 142 cm³/mol. The van der Waals surface area contributed by atoms with Gasteiger partial charge in [0.1, 0.15) is 5.01 Å². The van der Waals surface area contributed by atoms with E-state index < -0.39 is 39.9 Å². The molecule has 10 nitrogen and oxygen atoms in total. The summed E-state index contributed by atoms with van der Waals surface area (Å²) in [7, 11) is 0. The zero-order chi connectivity index (χ0) is 27.8. The number of thiazole rings is 1. The second-order valence-corrected chi connectivity index (χ2v) is 9.63. The maximum Gasteiger partial charge on any atom is 0.311 e. The maximum atomic E-state index is 14.0. The van der Waals surface area contributed by atoms with Crippen LogP contribution in [0.2, 0.25) is 0 Å². The summed E-state index contributed by atoms with van der Waals surface area (Å²) < 4.78 is 0. The Morgan fingerprint density at radius 1 is 1.10 bits per heavy atom. The summed E-state index contributed by atoms with van der Waals surface area (Å²) in [6, 6.07) is 19.3. The number of amides is 1. The van der Waals surface area contributed by atoms with Crippen molar-refractivity contribution in [1.29, 1.82) is 5.26 Å². The van der Waals surface area contributed by atoms with E-state index in [0.717, 1.165) is 33.9 Å². The van der Waals surface area contributed by atoms with E-state index >= 15 is 0 Å². The van der Waals surface area contributed by atoms with Crippen molar-refractivity contribution < 1.29 is 24.7 Å². The first-order valence-electron chi connectivity index (χ1n) is 11.5. The molecule has 0 aliphatic carbocycles. The monoisotopic (exact) mass is 538 g/mol. The molecule has 0 radical (unpaired) electrons. The number of nitriles is 1. The van der Waals surface area contributed by atoms with Crippen LogP contribution in [0.15, 0.2) is 84.1 Å². The third-order valence-corrected chi connectivity index (χ3v) is 7.47. The van der Waals surface area contributed by atoms with Gasteiger partial charge in [-0.05, 0) is 42.8 Å². The molecular formula is C28H18N4O6S. The Hall–Kier alpha value is -5.34. The summed E-state index contributed by atoms with van der Waals surface area (Å²) >= 11 is 1.10. The standard InChI is InChI=1S/C28H18N4O6S/c1-15-26(39-27(30-15)17-5-3-2-4-6-17)24(34)22-23(18-9-12-21(33)20(13-18)32(37)38)31(28(36)25(22)35)19-10-7-16(14-29)8-11-19/h2-13,23,33,35H,1H3. The first kappa shape index (κ1) is 25.3. The van der Waals surface area contributed by atoms with E-state index in [9.17, 15) is 29.9 Å². The third-order valence-electron chi connectivity index (χ3n) is 6.26. The van der Waals surface area contributed by atoms with Crippen LogP contribution in [0.4, 0.5) is 11.4 Å². The van der Waals surface area contributed by atoms with Gasteiger partial charge in [0, 0.05) is 17.3 Å². The average molecular weight is 539 g/mol. The molecule has 1 amide bonds. The summed E-state index contributed by atoms with van der Waals surface area (Å²) in [5.41, 5.74) is 0.965. The van der Waals surface area contributed by atoms with Gasteiger partial charge in [-0.1, -0.05) is 36.4 Å². The Morgan fingerprint density at radius 3 is 2.44 bits per heavy atom. The SMILES string of the molecule is Cc1nc(-c2ccccc2)sc1C(=O)C1=C(O)C(=O)N(c2ccc(C#N)cc2)C1c1ccc(O)c([N+](=O)[O-])c1. The Balaban J connectivity index is 1.67. The van der Waals surface area contributed by atoms with Gasteiger partial charge in [-0.3, -0.25) is 24.6 Å². The highest BCUT2D eigenvalue weighted by molar-refractivity contribution is 7.17. The van der Waals surface area contributed by atoms with Crippen LogP contribution in [-0.2, 0) is 4.79 Å². The number of carbonyl (C=O) groups is 2. The number of nitrogens with zero attached hydrogens (tertiary/aromatic N) is 4. The molecule has 1 aliphatic rings. The highest BCUT2D eigenvalue weighted by Crippen LogP contribution is 2.44. The van der Waals surface area contributed by atoms with Crippen LogP contribution >= 0.6 is 11.3 Å². The van der Waals surface area contributed by atoms with Gasteiger partial charge in [0.25, 0.3) is 5.91 Å². The Kier molecular flexibility index (Phi) is 6.39. The number of phenolic OH excluding ortho intramolecular Hbond substituents is 1. The van der Waals surface area contributed by atoms with Crippen LogP contribution < -0.4 is 4.90 Å². The molecule has 0 fully saturated rings. The predicted octanol–water partition coefficient (Wildman–Crippen LogP) is 5.39. The number of nitro benzene ring substituents is 1. The summed E-state index contributed by atoms with van der Waals surface area (Å²) in [6.07, 6.45) is 0. The molecule has 39 heavy (non-hydrogen) atoms. The zero-order valence-corrected chi connectivity index (χ0v) is 21.0. The molecule has 1 aromatic heterocycles. The lowest BCUT2D eigenvalue weighted by Crippen LogP contribution is -2.31. The fraction of sp³-hybridized carbons (Fsp3) is 0.0714. The lowest BCUT2D eigenvalue weighted by Gasteiger charge is -2.27. The summed E-state index contributed by atoms with van der Waals surface area (Å²) in [5.74, 6) is -2.95. The number of aliphatic hydroxyl groups excluding tert-OH is 1. The molecule has 1 atom stereocenters. The Bertz CT molecular complexity index is 1720. The number of aromatic nitrogens is 1. The smallest absolute Gasteiger partial charge is 0.311 e. The number of aliphatic hydroxyl groups is 1. The van der Waals surface area contributed by atoms with Gasteiger partial charge in [0.2, 0.25) is 5.78 Å². The molecule has 2 N–H and O–H groups in total. The molecule has 11 heteroatoms. The van der Waals surface area contributed by atoms with E-state index in [4.69, 9.17) is 5.26 Å². The number of hydrogen-bond donors (Lipinski definition) is 2. The molecular weight excluding hydrogens is 520 g/mol. The van der Waals surface area contributed by atoms with Gasteiger partial charge in [0.05, 0.1) is 38.7 Å². The fourth-order valence-corrected chi connectivity index (χ4v) is 5.43. The minimum atomic E-state index is -1.26. The lowest BCUT2D eigenvalue weighted by atomic mass is 9.94. The number of rotatable bonds is 6. The number of benzene rings is 3. The van der Waals surface area contributed by atoms with Crippen molar-refractivity contribution >= 4 is 34.4 Å². The summed E-state index contributed by atoms with van der Waals surface area (Å²) in [4.78, 5) is 44.0. The number of hydrogen-bond acceptors (Lipinski definition) is 9. The van der Waals surface area contributed by atoms with Gasteiger partial charge in [-0.15, -0.1) is 11.3 Å². The molecule has 0 bridgehead atoms. The first-order valence-corrected chi connectivity index (χ1v) is 12.3. The van der Waals surface area contributed by atoms with Crippen LogP contribution in [0.1, 0.15) is 32.5 Å². The van der Waals surface area contributed by atoms with Crippen molar-refractivity contribution in [3.05, 3.63) is 116 Å². The van der Waals surface area contributed by atoms with E-state index in [-0.39, 0.29) is 21.7 Å². The maximum absolute atomic E-state index is 14.0. The fourth-order valence-electron chi connectivity index (χ4n) is 4.41. The van der Waals surface area contributed by atoms with Gasteiger partial charge in [0.15, 0.2) is 11.5 Å². The number of anilines is 1. The molecule has 1 unspecified atom stereocenters. The van der Waals surface area contributed by atoms with Crippen molar-refractivity contribution in [3.63, 3.8) is 0 Å². The zero-order valence-electron chi connectivity index (χ0n) is 20.2. The quantitative estimate of drug-likeness (QED) is 0.188. The molecule has 192 valence electrons. The minimum absolute atomic E-state index is 0.120. The van der Waals surface area contributed by atoms with Crippen molar-refractivity contribution in [1.82, 2.24) is 4.98 Å². The first-order chi connectivity index (χ1) is 18.7. The minimum Gasteiger partial charge on any atom is -0.503 e. The summed E-state index contributed by atoms with van der Waals surface area (Å²) in [6.45, 7) is 1.64. The highest BCUT2D eigenvalue weighted by Gasteiger charge is 2.46. The number of ketones is 1. The van der Waals surface area contributed by atoms with Gasteiger partial charge < -0.3 is 10.2 Å². The van der Waals surface area contributed by atoms with Crippen LogP contribution in [0.3, 0.4) is 0 Å². The number of Topliss-reactive ketones (excluding diaryl/α,β-unsaturated/α-hetero) is 1. The number of phenols is 1. The second kappa shape index (κ2) is 9.85. The molecule has 0 spiro atoms. The van der Waals surface area contributed by atoms with E-state index in [1.165, 1.54) is 30.3 Å². The Morgan fingerprint density at radius 2 is 1.79 bits per heavy atom. The number of nitro groups is 1. The normalized spacial score (nSPS) is 14.9. The van der Waals surface area contributed by atoms with E-state index in [1.54, 1.807) is 6.92 Å². The Labute approximate surface area is 225 Å². The topological polar surface area (TPSA) is 158 Å². The average Bonchev–Trinajstić information content (AvgIpc) is 3.46. The molecule has 3 aromatic carbocycles. The van der Waals surface area contributed by atoms with Crippen molar-refractivity contribution in [3.8, 4) is 22.4 Å². The van der Waals surface area contributed by atoms with Gasteiger partial charge >= 0.3 is 5.69 Å². The van der Waals surface area contributed by atoms with E-state index in [0.29, 0.717) is 16.3 Å². The molecule has 0 saturated carbocycles. The lowest BCUT2D eigenvalue weighted by molar-refractivity contribution is -0.385. The number of aromatic hydroxyl groups is 1. The van der Waals surface area contributed by atoms with Crippen LogP contribution in [0.25, 0.3) is 10.6 Å². The number of aryl methyl sites for hydroxylation is 1. The molecule has 0 saturated heterocycles. The largest absolute Gasteiger partial charge is 0.503 e. The second-order valence-electron chi connectivity index (χ2n) is 8.63. The van der Waals surface area contributed by atoms with E-state index in [1.807, 2.05) is 36.4 Å².